The van der Waals surface area contributed by atoms with Crippen LogP contribution in [0.15, 0.2) is 0 Å². The highest BCUT2D eigenvalue weighted by molar-refractivity contribution is 5.80. The van der Waals surface area contributed by atoms with E-state index < -0.39 is 5.54 Å². The summed E-state index contributed by atoms with van der Waals surface area (Å²) in [6.07, 6.45) is 6.54. The Balaban J connectivity index is 2.66. The van der Waals surface area contributed by atoms with Crippen LogP contribution in [0.3, 0.4) is 0 Å². The van der Waals surface area contributed by atoms with Gasteiger partial charge in [0.2, 0.25) is 0 Å². The minimum Gasteiger partial charge on any atom is -0.468 e. The molecule has 0 aliphatic heterocycles. The van der Waals surface area contributed by atoms with Gasteiger partial charge in [-0.2, -0.15) is 0 Å². The quantitative estimate of drug-likeness (QED) is 0.712. The molecule has 0 aromatic rings. The molecule has 1 fully saturated rings. The lowest BCUT2D eigenvalue weighted by molar-refractivity contribution is -0.149. The van der Waals surface area contributed by atoms with E-state index in [1.54, 1.807) is 0 Å². The van der Waals surface area contributed by atoms with E-state index in [0.29, 0.717) is 6.04 Å². The molecule has 0 aromatic carbocycles. The Labute approximate surface area is 92.6 Å². The van der Waals surface area contributed by atoms with Crippen LogP contribution in [0.5, 0.6) is 0 Å². The van der Waals surface area contributed by atoms with Gasteiger partial charge < -0.3 is 4.74 Å². The summed E-state index contributed by atoms with van der Waals surface area (Å²) in [7, 11) is 1.47. The normalized spacial score (nSPS) is 18.1. The largest absolute Gasteiger partial charge is 0.468 e. The third kappa shape index (κ3) is 2.71. The summed E-state index contributed by atoms with van der Waals surface area (Å²) in [5.41, 5.74) is -0.455. The zero-order chi connectivity index (χ0) is 11.3. The van der Waals surface area contributed by atoms with Gasteiger partial charge in [-0.15, -0.1) is 0 Å². The molecule has 0 amide bonds. The van der Waals surface area contributed by atoms with Crippen molar-refractivity contribution in [1.29, 1.82) is 0 Å². The lowest BCUT2D eigenvalue weighted by Crippen LogP contribution is -2.55. The van der Waals surface area contributed by atoms with Crippen molar-refractivity contribution in [2.75, 3.05) is 7.11 Å². The molecule has 3 nitrogen and oxygen atoms in total. The Morgan fingerprint density at radius 3 is 2.27 bits per heavy atom. The first-order valence-electron chi connectivity index (χ1n) is 6.04. The number of hydrogen-bond donors (Lipinski definition) is 1. The van der Waals surface area contributed by atoms with Crippen LogP contribution in [-0.2, 0) is 9.53 Å². The molecule has 1 aliphatic rings. The average Bonchev–Trinajstić information content (AvgIpc) is 2.77. The number of nitrogens with one attached hydrogen (secondary N) is 1. The molecule has 15 heavy (non-hydrogen) atoms. The Morgan fingerprint density at radius 2 is 1.87 bits per heavy atom. The van der Waals surface area contributed by atoms with Gasteiger partial charge in [0, 0.05) is 6.04 Å². The minimum atomic E-state index is -0.455. The van der Waals surface area contributed by atoms with Crippen molar-refractivity contribution in [2.24, 2.45) is 0 Å². The van der Waals surface area contributed by atoms with Gasteiger partial charge in [-0.25, -0.2) is 0 Å². The summed E-state index contributed by atoms with van der Waals surface area (Å²) in [5.74, 6) is -0.112. The molecule has 88 valence electrons. The Bertz CT molecular complexity index is 206. The Hall–Kier alpha value is -0.570. The van der Waals surface area contributed by atoms with Gasteiger partial charge in [0.05, 0.1) is 7.11 Å². The highest BCUT2D eigenvalue weighted by atomic mass is 16.5. The molecule has 0 aromatic heterocycles. The van der Waals surface area contributed by atoms with E-state index in [4.69, 9.17) is 4.74 Å². The number of methoxy groups -OCH3 is 1. The molecule has 1 saturated carbocycles. The van der Waals surface area contributed by atoms with Crippen molar-refractivity contribution >= 4 is 5.97 Å². The van der Waals surface area contributed by atoms with E-state index in [2.05, 4.69) is 5.32 Å². The average molecular weight is 213 g/mol. The fourth-order valence-corrected chi connectivity index (χ4v) is 2.46. The van der Waals surface area contributed by atoms with E-state index in [1.807, 2.05) is 13.8 Å². The van der Waals surface area contributed by atoms with Gasteiger partial charge in [0.15, 0.2) is 0 Å². The summed E-state index contributed by atoms with van der Waals surface area (Å²) < 4.78 is 4.91. The lowest BCUT2D eigenvalue weighted by atomic mass is 9.91. The van der Waals surface area contributed by atoms with E-state index in [0.717, 1.165) is 12.8 Å². The highest BCUT2D eigenvalue weighted by Crippen LogP contribution is 2.24. The molecule has 3 heteroatoms. The molecule has 0 saturated heterocycles. The topological polar surface area (TPSA) is 38.3 Å². The number of hydrogen-bond acceptors (Lipinski definition) is 3. The molecule has 1 rings (SSSR count). The smallest absolute Gasteiger partial charge is 0.326 e. The van der Waals surface area contributed by atoms with E-state index in [1.165, 1.54) is 32.8 Å². The van der Waals surface area contributed by atoms with Crippen molar-refractivity contribution in [3.63, 3.8) is 0 Å². The third-order valence-corrected chi connectivity index (χ3v) is 3.62. The zero-order valence-corrected chi connectivity index (χ0v) is 10.1. The number of ether oxygens (including phenoxy) is 1. The van der Waals surface area contributed by atoms with Gasteiger partial charge in [-0.3, -0.25) is 10.1 Å². The van der Waals surface area contributed by atoms with Gasteiger partial charge in [-0.05, 0) is 25.7 Å². The SMILES string of the molecule is CCC(CC)(NC1CCCC1)C(=O)OC. The van der Waals surface area contributed by atoms with Gasteiger partial charge in [-0.1, -0.05) is 26.7 Å². The zero-order valence-electron chi connectivity index (χ0n) is 10.1. The molecule has 0 atom stereocenters. The van der Waals surface area contributed by atoms with Crippen LogP contribution in [-0.4, -0.2) is 24.7 Å². The minimum absolute atomic E-state index is 0.112. The van der Waals surface area contributed by atoms with Gasteiger partial charge in [0.25, 0.3) is 0 Å². The molecule has 0 bridgehead atoms. The van der Waals surface area contributed by atoms with Crippen molar-refractivity contribution in [3.8, 4) is 0 Å². The molecule has 0 heterocycles. The Kier molecular flexibility index (Phi) is 4.58. The lowest BCUT2D eigenvalue weighted by Gasteiger charge is -2.33. The van der Waals surface area contributed by atoms with Crippen LogP contribution in [0.4, 0.5) is 0 Å². The fraction of sp³-hybridized carbons (Fsp3) is 0.917. The molecule has 1 aliphatic carbocycles. The maximum Gasteiger partial charge on any atom is 0.326 e. The standard InChI is InChI=1S/C12H23NO2/c1-4-12(5-2,11(14)15-3)13-10-8-6-7-9-10/h10,13H,4-9H2,1-3H3. The summed E-state index contributed by atoms with van der Waals surface area (Å²) in [6.45, 7) is 4.09. The predicted octanol–water partition coefficient (Wildman–Crippen LogP) is 2.25. The second-order valence-corrected chi connectivity index (χ2v) is 4.41. The Morgan fingerprint density at radius 1 is 1.33 bits per heavy atom. The second-order valence-electron chi connectivity index (χ2n) is 4.41. The van der Waals surface area contributed by atoms with Crippen LogP contribution in [0.2, 0.25) is 0 Å². The fourth-order valence-electron chi connectivity index (χ4n) is 2.46. The summed E-state index contributed by atoms with van der Waals surface area (Å²) in [6, 6.07) is 0.504. The summed E-state index contributed by atoms with van der Waals surface area (Å²) >= 11 is 0. The highest BCUT2D eigenvalue weighted by Gasteiger charge is 2.38. The number of carbonyl (C=O) groups excluding carboxylic acids is 1. The molecule has 0 radical (unpaired) electrons. The van der Waals surface area contributed by atoms with Crippen LogP contribution >= 0.6 is 0 Å². The number of carbonyl (C=O) groups is 1. The van der Waals surface area contributed by atoms with E-state index in [-0.39, 0.29) is 5.97 Å². The molecular weight excluding hydrogens is 190 g/mol. The first-order chi connectivity index (χ1) is 7.18. The molecule has 0 unspecified atom stereocenters. The summed E-state index contributed by atoms with van der Waals surface area (Å²) in [5, 5.41) is 3.50. The number of rotatable bonds is 5. The molecular formula is C12H23NO2. The van der Waals surface area contributed by atoms with Crippen LogP contribution in [0.1, 0.15) is 52.4 Å². The maximum absolute atomic E-state index is 11.8. The van der Waals surface area contributed by atoms with E-state index in [9.17, 15) is 4.79 Å². The molecule has 1 N–H and O–H groups in total. The maximum atomic E-state index is 11.8. The first kappa shape index (κ1) is 12.5. The van der Waals surface area contributed by atoms with Gasteiger partial charge >= 0.3 is 5.97 Å². The van der Waals surface area contributed by atoms with Crippen molar-refractivity contribution in [1.82, 2.24) is 5.32 Å². The first-order valence-corrected chi connectivity index (χ1v) is 6.04. The summed E-state index contributed by atoms with van der Waals surface area (Å²) in [4.78, 5) is 11.8. The van der Waals surface area contributed by atoms with Crippen molar-refractivity contribution in [3.05, 3.63) is 0 Å². The van der Waals surface area contributed by atoms with Crippen molar-refractivity contribution < 1.29 is 9.53 Å². The van der Waals surface area contributed by atoms with Gasteiger partial charge in [0.1, 0.15) is 5.54 Å². The second kappa shape index (κ2) is 5.50. The number of esters is 1. The van der Waals surface area contributed by atoms with Crippen LogP contribution < -0.4 is 5.32 Å². The third-order valence-electron chi connectivity index (χ3n) is 3.62. The van der Waals surface area contributed by atoms with E-state index >= 15 is 0 Å². The molecule has 0 spiro atoms. The predicted molar refractivity (Wildman–Crippen MR) is 60.7 cm³/mol. The monoisotopic (exact) mass is 213 g/mol. The van der Waals surface area contributed by atoms with Crippen molar-refractivity contribution in [2.45, 2.75) is 64.0 Å². The van der Waals surface area contributed by atoms with Crippen LogP contribution in [0, 0.1) is 0 Å². The van der Waals surface area contributed by atoms with Crippen LogP contribution in [0.25, 0.3) is 0 Å².